The average molecular weight is 466 g/mol. The summed E-state index contributed by atoms with van der Waals surface area (Å²) >= 11 is 0. The van der Waals surface area contributed by atoms with Gasteiger partial charge >= 0.3 is 12.1 Å². The van der Waals surface area contributed by atoms with E-state index in [1.165, 1.54) is 24.3 Å². The van der Waals surface area contributed by atoms with E-state index in [1.54, 1.807) is 31.2 Å². The van der Waals surface area contributed by atoms with Gasteiger partial charge in [0.2, 0.25) is 0 Å². The molecule has 0 fully saturated rings. The molecule has 1 aromatic heterocycles. The van der Waals surface area contributed by atoms with Gasteiger partial charge in [-0.2, -0.15) is 18.3 Å². The highest BCUT2D eigenvalue weighted by Crippen LogP contribution is 2.43. The second-order valence-electron chi connectivity index (χ2n) is 7.20. The summed E-state index contributed by atoms with van der Waals surface area (Å²) in [6, 6.07) is 11.8. The number of rotatable bonds is 6. The van der Waals surface area contributed by atoms with Gasteiger partial charge in [0.25, 0.3) is 0 Å². The minimum Gasteiger partial charge on any atom is -0.465 e. The number of aryl methyl sites for hydroxylation is 1. The number of carbonyl (C=O) groups excluding carboxylic acids is 1. The van der Waals surface area contributed by atoms with Crippen molar-refractivity contribution in [3.63, 3.8) is 0 Å². The Morgan fingerprint density at radius 3 is 2.09 bits per heavy atom. The van der Waals surface area contributed by atoms with Gasteiger partial charge in [-0.05, 0) is 31.5 Å². The van der Waals surface area contributed by atoms with Crippen molar-refractivity contribution in [1.29, 1.82) is 0 Å². The van der Waals surface area contributed by atoms with Crippen molar-refractivity contribution in [3.05, 3.63) is 59.8 Å². The summed E-state index contributed by atoms with van der Waals surface area (Å²) in [6.07, 6.45) is -3.78. The van der Waals surface area contributed by atoms with Crippen LogP contribution in [-0.2, 0) is 32.1 Å². The smallest absolute Gasteiger partial charge is 0.433 e. The lowest BCUT2D eigenvalue weighted by Crippen LogP contribution is -2.21. The summed E-state index contributed by atoms with van der Waals surface area (Å²) in [4.78, 5) is 12.0. The Morgan fingerprint density at radius 1 is 1.03 bits per heavy atom. The minimum absolute atomic E-state index is 0.0199. The fraction of sp³-hybridized carbons (Fsp3) is 0.273. The molecule has 2 aromatic carbocycles. The number of benzene rings is 2. The number of aromatic nitrogens is 2. The van der Waals surface area contributed by atoms with E-state index >= 15 is 0 Å². The van der Waals surface area contributed by atoms with E-state index in [9.17, 15) is 26.4 Å². The van der Waals surface area contributed by atoms with Gasteiger partial charge in [0.05, 0.1) is 11.5 Å². The first-order chi connectivity index (χ1) is 14.9. The fourth-order valence-electron chi connectivity index (χ4n) is 3.25. The lowest BCUT2D eigenvalue weighted by Gasteiger charge is -2.13. The van der Waals surface area contributed by atoms with Crippen LogP contribution in [0.15, 0.2) is 53.4 Å². The summed E-state index contributed by atoms with van der Waals surface area (Å²) in [7, 11) is -3.48. The summed E-state index contributed by atoms with van der Waals surface area (Å²) in [5.74, 6) is -0.852. The molecule has 0 N–H and O–H groups in total. The van der Waals surface area contributed by atoms with Gasteiger partial charge < -0.3 is 4.74 Å². The molecule has 3 aromatic rings. The minimum atomic E-state index is -4.81. The highest BCUT2D eigenvalue weighted by molar-refractivity contribution is 7.90. The van der Waals surface area contributed by atoms with Crippen molar-refractivity contribution < 1.29 is 31.1 Å². The molecule has 0 saturated heterocycles. The van der Waals surface area contributed by atoms with Crippen LogP contribution in [0, 0.1) is 6.92 Å². The summed E-state index contributed by atoms with van der Waals surface area (Å²) in [6.45, 7) is 2.66. The highest BCUT2D eigenvalue weighted by Gasteiger charge is 2.41. The molecule has 0 aliphatic heterocycles. The number of carbonyl (C=O) groups is 1. The topological polar surface area (TPSA) is 78.3 Å². The first-order valence-electron chi connectivity index (χ1n) is 9.63. The van der Waals surface area contributed by atoms with Crippen LogP contribution in [0.3, 0.4) is 0 Å². The quantitative estimate of drug-likeness (QED) is 0.500. The van der Waals surface area contributed by atoms with Crippen molar-refractivity contribution in [3.8, 4) is 22.4 Å². The number of ether oxygens (including phenoxy) is 1. The van der Waals surface area contributed by atoms with Crippen molar-refractivity contribution in [2.45, 2.75) is 31.5 Å². The van der Waals surface area contributed by atoms with E-state index in [2.05, 4.69) is 5.10 Å². The standard InChI is InChI=1S/C22H21F3N2O4S/c1-4-31-18(28)13-27-21(22(23,24)25)19(15-7-5-14(2)6-8-15)20(26-27)16-9-11-17(12-10-16)32(3,29)30/h5-12H,4,13H2,1-3H3. The number of hydrogen-bond acceptors (Lipinski definition) is 5. The van der Waals surface area contributed by atoms with Crippen LogP contribution in [0.1, 0.15) is 18.2 Å². The molecular weight excluding hydrogens is 445 g/mol. The lowest BCUT2D eigenvalue weighted by molar-refractivity contribution is -0.149. The molecule has 32 heavy (non-hydrogen) atoms. The van der Waals surface area contributed by atoms with E-state index in [0.717, 1.165) is 11.8 Å². The molecule has 0 aliphatic rings. The zero-order chi connectivity index (χ0) is 23.7. The molecule has 0 bridgehead atoms. The van der Waals surface area contributed by atoms with Crippen LogP contribution in [0.2, 0.25) is 0 Å². The molecule has 170 valence electrons. The predicted molar refractivity (Wildman–Crippen MR) is 113 cm³/mol. The number of alkyl halides is 3. The van der Waals surface area contributed by atoms with Gasteiger partial charge in [-0.15, -0.1) is 0 Å². The molecule has 0 amide bonds. The molecular formula is C22H21F3N2O4S. The highest BCUT2D eigenvalue weighted by atomic mass is 32.2. The second-order valence-corrected chi connectivity index (χ2v) is 9.21. The zero-order valence-corrected chi connectivity index (χ0v) is 18.4. The van der Waals surface area contributed by atoms with Gasteiger partial charge in [0.1, 0.15) is 12.2 Å². The van der Waals surface area contributed by atoms with Crippen molar-refractivity contribution in [2.24, 2.45) is 0 Å². The average Bonchev–Trinajstić information content (AvgIpc) is 3.07. The Morgan fingerprint density at radius 2 is 1.59 bits per heavy atom. The van der Waals surface area contributed by atoms with E-state index in [4.69, 9.17) is 4.74 Å². The van der Waals surface area contributed by atoms with Crippen LogP contribution in [0.4, 0.5) is 13.2 Å². The third-order valence-corrected chi connectivity index (χ3v) is 5.83. The largest absolute Gasteiger partial charge is 0.465 e. The predicted octanol–water partition coefficient (Wildman–Crippen LogP) is 4.51. The summed E-state index contributed by atoms with van der Waals surface area (Å²) in [5, 5.41) is 4.11. The Bertz CT molecular complexity index is 1230. The number of halogens is 3. The molecule has 0 saturated carbocycles. The first kappa shape index (κ1) is 23.5. The molecule has 0 aliphatic carbocycles. The van der Waals surface area contributed by atoms with Gasteiger partial charge in [-0.25, -0.2) is 13.1 Å². The van der Waals surface area contributed by atoms with Crippen LogP contribution >= 0.6 is 0 Å². The molecule has 6 nitrogen and oxygen atoms in total. The van der Waals surface area contributed by atoms with Gasteiger partial charge in [0, 0.05) is 17.4 Å². The monoisotopic (exact) mass is 466 g/mol. The van der Waals surface area contributed by atoms with Crippen LogP contribution < -0.4 is 0 Å². The molecule has 1 heterocycles. The zero-order valence-electron chi connectivity index (χ0n) is 17.6. The van der Waals surface area contributed by atoms with Crippen molar-refractivity contribution >= 4 is 15.8 Å². The number of sulfone groups is 1. The van der Waals surface area contributed by atoms with E-state index < -0.39 is 34.2 Å². The lowest BCUT2D eigenvalue weighted by atomic mass is 9.98. The second kappa shape index (κ2) is 8.78. The Kier molecular flexibility index (Phi) is 6.45. The van der Waals surface area contributed by atoms with Crippen molar-refractivity contribution in [1.82, 2.24) is 9.78 Å². The first-order valence-corrected chi connectivity index (χ1v) is 11.5. The van der Waals surface area contributed by atoms with Gasteiger partial charge in [0.15, 0.2) is 15.5 Å². The van der Waals surface area contributed by atoms with Crippen LogP contribution in [0.25, 0.3) is 22.4 Å². The molecule has 0 radical (unpaired) electrons. The van der Waals surface area contributed by atoms with E-state index in [1.807, 2.05) is 6.92 Å². The van der Waals surface area contributed by atoms with Gasteiger partial charge in [-0.1, -0.05) is 42.0 Å². The summed E-state index contributed by atoms with van der Waals surface area (Å²) < 4.78 is 71.4. The molecule has 0 spiro atoms. The maximum Gasteiger partial charge on any atom is 0.433 e. The Hall–Kier alpha value is -3.14. The molecule has 3 rings (SSSR count). The maximum atomic E-state index is 14.2. The Balaban J connectivity index is 2.28. The number of esters is 1. The Labute approximate surface area is 183 Å². The third-order valence-electron chi connectivity index (χ3n) is 4.70. The molecule has 10 heteroatoms. The van der Waals surface area contributed by atoms with Crippen LogP contribution in [-0.4, -0.2) is 37.0 Å². The molecule has 0 unspecified atom stereocenters. The van der Waals surface area contributed by atoms with Crippen LogP contribution in [0.5, 0.6) is 0 Å². The van der Waals surface area contributed by atoms with E-state index in [0.29, 0.717) is 4.68 Å². The maximum absolute atomic E-state index is 14.2. The normalized spacial score (nSPS) is 12.1. The van der Waals surface area contributed by atoms with E-state index in [-0.39, 0.29) is 33.9 Å². The summed E-state index contributed by atoms with van der Waals surface area (Å²) in [5.41, 5.74) is 0.0950. The fourth-order valence-corrected chi connectivity index (χ4v) is 3.88. The number of hydrogen-bond donors (Lipinski definition) is 0. The molecule has 0 atom stereocenters. The SMILES string of the molecule is CCOC(=O)Cn1nc(-c2ccc(S(C)(=O)=O)cc2)c(-c2ccc(C)cc2)c1C(F)(F)F. The number of nitrogens with zero attached hydrogens (tertiary/aromatic N) is 2. The third kappa shape index (κ3) is 5.01. The van der Waals surface area contributed by atoms with Gasteiger partial charge in [-0.3, -0.25) is 4.79 Å². The van der Waals surface area contributed by atoms with Crippen molar-refractivity contribution in [2.75, 3.05) is 12.9 Å².